The Labute approximate surface area is 105 Å². The van der Waals surface area contributed by atoms with Crippen LogP contribution in [-0.4, -0.2) is 32.4 Å². The second-order valence-electron chi connectivity index (χ2n) is 3.43. The molecule has 0 saturated heterocycles. The summed E-state index contributed by atoms with van der Waals surface area (Å²) >= 11 is 1.33. The summed E-state index contributed by atoms with van der Waals surface area (Å²) in [6.45, 7) is 1.94. The summed E-state index contributed by atoms with van der Waals surface area (Å²) < 4.78 is 1.76. The number of aliphatic hydroxyl groups is 1. The number of carbonyl (C=O) groups is 1. The van der Waals surface area contributed by atoms with E-state index in [0.717, 1.165) is 0 Å². The van der Waals surface area contributed by atoms with Gasteiger partial charge in [0.05, 0.1) is 30.3 Å². The smallest absolute Gasteiger partial charge is 0.234 e. The van der Waals surface area contributed by atoms with Crippen LogP contribution in [0.25, 0.3) is 0 Å². The number of nitrogens with zero attached hydrogens (tertiary/aromatic N) is 2. The SMILES string of the molecule is C#CCNC(=O)C(C)Sc1ncc(CO)n1C. The van der Waals surface area contributed by atoms with Crippen LogP contribution in [0.5, 0.6) is 0 Å². The zero-order valence-electron chi connectivity index (χ0n) is 9.80. The summed E-state index contributed by atoms with van der Waals surface area (Å²) in [6, 6.07) is 0. The van der Waals surface area contributed by atoms with E-state index in [-0.39, 0.29) is 24.3 Å². The van der Waals surface area contributed by atoms with E-state index in [1.54, 1.807) is 24.7 Å². The molecular formula is C11H15N3O2S. The first-order valence-corrected chi connectivity index (χ1v) is 5.97. The Morgan fingerprint density at radius 2 is 2.53 bits per heavy atom. The van der Waals surface area contributed by atoms with Gasteiger partial charge in [-0.3, -0.25) is 4.79 Å². The second-order valence-corrected chi connectivity index (χ2v) is 4.74. The van der Waals surface area contributed by atoms with Crippen molar-refractivity contribution in [2.45, 2.75) is 23.9 Å². The van der Waals surface area contributed by atoms with Crippen LogP contribution in [0.2, 0.25) is 0 Å². The van der Waals surface area contributed by atoms with Gasteiger partial charge in [-0.15, -0.1) is 6.42 Å². The summed E-state index contributed by atoms with van der Waals surface area (Å²) in [4.78, 5) is 15.7. The number of imidazole rings is 1. The molecule has 1 unspecified atom stereocenters. The predicted molar refractivity (Wildman–Crippen MR) is 66.3 cm³/mol. The third-order valence-corrected chi connectivity index (χ3v) is 3.38. The quantitative estimate of drug-likeness (QED) is 0.579. The summed E-state index contributed by atoms with van der Waals surface area (Å²) in [5.74, 6) is 2.22. The first-order valence-electron chi connectivity index (χ1n) is 5.09. The number of rotatable bonds is 5. The number of terminal acetylenes is 1. The normalized spacial score (nSPS) is 11.9. The summed E-state index contributed by atoms with van der Waals surface area (Å²) in [7, 11) is 1.80. The lowest BCUT2D eigenvalue weighted by Gasteiger charge is -2.10. The maximum Gasteiger partial charge on any atom is 0.234 e. The summed E-state index contributed by atoms with van der Waals surface area (Å²) in [5, 5.41) is 12.0. The van der Waals surface area contributed by atoms with E-state index in [4.69, 9.17) is 11.5 Å². The van der Waals surface area contributed by atoms with Crippen molar-refractivity contribution in [3.63, 3.8) is 0 Å². The fourth-order valence-corrected chi connectivity index (χ4v) is 2.07. The van der Waals surface area contributed by atoms with Crippen LogP contribution in [0, 0.1) is 12.3 Å². The Balaban J connectivity index is 2.61. The van der Waals surface area contributed by atoms with Crippen LogP contribution < -0.4 is 5.32 Å². The van der Waals surface area contributed by atoms with Crippen LogP contribution >= 0.6 is 11.8 Å². The van der Waals surface area contributed by atoms with Crippen molar-refractivity contribution in [1.29, 1.82) is 0 Å². The Hall–Kier alpha value is -1.45. The van der Waals surface area contributed by atoms with Gasteiger partial charge in [-0.2, -0.15) is 0 Å². The molecule has 0 aliphatic carbocycles. The molecule has 2 N–H and O–H groups in total. The van der Waals surface area contributed by atoms with Gasteiger partial charge < -0.3 is 15.0 Å². The van der Waals surface area contributed by atoms with Gasteiger partial charge in [0.2, 0.25) is 5.91 Å². The molecule has 1 heterocycles. The van der Waals surface area contributed by atoms with Crippen LogP contribution in [0.1, 0.15) is 12.6 Å². The lowest BCUT2D eigenvalue weighted by molar-refractivity contribution is -0.120. The van der Waals surface area contributed by atoms with Gasteiger partial charge >= 0.3 is 0 Å². The van der Waals surface area contributed by atoms with Crippen molar-refractivity contribution in [3.05, 3.63) is 11.9 Å². The Bertz CT molecular complexity index is 436. The number of aliphatic hydroxyl groups excluding tert-OH is 1. The minimum atomic E-state index is -0.281. The Kier molecular flexibility index (Phi) is 5.07. The molecule has 0 radical (unpaired) electrons. The fraction of sp³-hybridized carbons (Fsp3) is 0.455. The molecule has 1 atom stereocenters. The number of carbonyl (C=O) groups excluding carboxylic acids is 1. The van der Waals surface area contributed by atoms with Crippen molar-refractivity contribution >= 4 is 17.7 Å². The zero-order chi connectivity index (χ0) is 12.8. The van der Waals surface area contributed by atoms with Crippen LogP contribution in [0.4, 0.5) is 0 Å². The first-order chi connectivity index (χ1) is 8.10. The number of nitrogens with one attached hydrogen (secondary N) is 1. The van der Waals surface area contributed by atoms with Crippen molar-refractivity contribution in [2.75, 3.05) is 6.54 Å². The molecule has 0 saturated carbocycles. The van der Waals surface area contributed by atoms with E-state index >= 15 is 0 Å². The summed E-state index contributed by atoms with van der Waals surface area (Å²) in [6.07, 6.45) is 6.65. The standard InChI is InChI=1S/C11H15N3O2S/c1-4-5-12-10(16)8(2)17-11-13-6-9(7-15)14(11)3/h1,6,8,15H,5,7H2,2-3H3,(H,12,16). The van der Waals surface area contributed by atoms with Gasteiger partial charge in [-0.25, -0.2) is 4.98 Å². The number of amides is 1. The fourth-order valence-electron chi connectivity index (χ4n) is 1.18. The first kappa shape index (κ1) is 13.6. The Morgan fingerprint density at radius 3 is 3.06 bits per heavy atom. The number of hydrogen-bond acceptors (Lipinski definition) is 4. The highest BCUT2D eigenvalue weighted by Crippen LogP contribution is 2.22. The third kappa shape index (κ3) is 3.51. The molecule has 1 rings (SSSR count). The van der Waals surface area contributed by atoms with E-state index in [1.807, 2.05) is 0 Å². The van der Waals surface area contributed by atoms with Crippen molar-refractivity contribution in [2.24, 2.45) is 7.05 Å². The molecule has 0 spiro atoms. The lowest BCUT2D eigenvalue weighted by atomic mass is 10.4. The van der Waals surface area contributed by atoms with E-state index < -0.39 is 0 Å². The maximum atomic E-state index is 11.6. The monoisotopic (exact) mass is 253 g/mol. The van der Waals surface area contributed by atoms with Gasteiger partial charge in [0.1, 0.15) is 0 Å². The van der Waals surface area contributed by atoms with Gasteiger partial charge in [-0.05, 0) is 6.92 Å². The van der Waals surface area contributed by atoms with E-state index in [2.05, 4.69) is 16.2 Å². The molecule has 6 heteroatoms. The molecule has 92 valence electrons. The lowest BCUT2D eigenvalue weighted by Crippen LogP contribution is -2.31. The molecule has 1 aromatic heterocycles. The van der Waals surface area contributed by atoms with Crippen molar-refractivity contribution in [3.8, 4) is 12.3 Å². The minimum Gasteiger partial charge on any atom is -0.390 e. The van der Waals surface area contributed by atoms with E-state index in [0.29, 0.717) is 10.9 Å². The van der Waals surface area contributed by atoms with Gasteiger partial charge in [0.15, 0.2) is 5.16 Å². The average molecular weight is 253 g/mol. The highest BCUT2D eigenvalue weighted by molar-refractivity contribution is 8.00. The van der Waals surface area contributed by atoms with Gasteiger partial charge in [0.25, 0.3) is 0 Å². The molecule has 5 nitrogen and oxygen atoms in total. The van der Waals surface area contributed by atoms with Crippen molar-refractivity contribution in [1.82, 2.24) is 14.9 Å². The predicted octanol–water partition coefficient (Wildman–Crippen LogP) is 0.142. The second kappa shape index (κ2) is 6.33. The number of thioether (sulfide) groups is 1. The van der Waals surface area contributed by atoms with Crippen LogP contribution in [0.3, 0.4) is 0 Å². The topological polar surface area (TPSA) is 67.2 Å². The van der Waals surface area contributed by atoms with Crippen LogP contribution in [0.15, 0.2) is 11.4 Å². The van der Waals surface area contributed by atoms with Gasteiger partial charge in [0, 0.05) is 7.05 Å². The molecule has 0 aliphatic heterocycles. The van der Waals surface area contributed by atoms with Crippen molar-refractivity contribution < 1.29 is 9.90 Å². The summed E-state index contributed by atoms with van der Waals surface area (Å²) in [5.41, 5.74) is 0.712. The molecule has 1 amide bonds. The average Bonchev–Trinajstić information content (AvgIpc) is 2.67. The minimum absolute atomic E-state index is 0.0677. The largest absolute Gasteiger partial charge is 0.390 e. The highest BCUT2D eigenvalue weighted by atomic mass is 32.2. The molecular weight excluding hydrogens is 238 g/mol. The molecule has 17 heavy (non-hydrogen) atoms. The molecule has 1 aromatic rings. The van der Waals surface area contributed by atoms with E-state index in [1.165, 1.54) is 11.8 Å². The Morgan fingerprint density at radius 1 is 1.82 bits per heavy atom. The van der Waals surface area contributed by atoms with Crippen LogP contribution in [-0.2, 0) is 18.4 Å². The molecule has 0 aromatic carbocycles. The zero-order valence-corrected chi connectivity index (χ0v) is 10.6. The molecule has 0 aliphatic rings. The maximum absolute atomic E-state index is 11.6. The molecule has 0 fully saturated rings. The number of aromatic nitrogens is 2. The highest BCUT2D eigenvalue weighted by Gasteiger charge is 2.17. The van der Waals surface area contributed by atoms with E-state index in [9.17, 15) is 4.79 Å². The number of hydrogen-bond donors (Lipinski definition) is 2. The third-order valence-electron chi connectivity index (χ3n) is 2.22. The molecule has 0 bridgehead atoms. The van der Waals surface area contributed by atoms with Gasteiger partial charge in [-0.1, -0.05) is 17.7 Å².